The molecule has 1 aliphatic heterocycles. The van der Waals surface area contributed by atoms with Crippen LogP contribution in [-0.4, -0.2) is 20.6 Å². The van der Waals surface area contributed by atoms with Crippen molar-refractivity contribution in [2.45, 2.75) is 43.3 Å². The molecule has 2 aromatic rings. The smallest absolute Gasteiger partial charge is 0.210 e. The highest BCUT2D eigenvalue weighted by Gasteiger charge is 2.33. The lowest BCUT2D eigenvalue weighted by molar-refractivity contribution is 0.633. The first kappa shape index (κ1) is 12.3. The van der Waals surface area contributed by atoms with Crippen molar-refractivity contribution in [3.63, 3.8) is 0 Å². The van der Waals surface area contributed by atoms with E-state index < -0.39 is 0 Å². The minimum Gasteiger partial charge on any atom is -0.314 e. The lowest BCUT2D eigenvalue weighted by Crippen LogP contribution is -2.29. The van der Waals surface area contributed by atoms with Crippen LogP contribution >= 0.6 is 11.8 Å². The number of nitrogens with one attached hydrogen (secondary N) is 1. The summed E-state index contributed by atoms with van der Waals surface area (Å²) in [7, 11) is 0. The summed E-state index contributed by atoms with van der Waals surface area (Å²) in [5.41, 5.74) is 6.32. The highest BCUT2D eigenvalue weighted by atomic mass is 32.2. The fraction of sp³-hybridized carbons (Fsp3) is 0.467. The molecule has 0 amide bonds. The van der Waals surface area contributed by atoms with Crippen molar-refractivity contribution in [2.24, 2.45) is 0 Å². The van der Waals surface area contributed by atoms with Crippen molar-refractivity contribution in [3.05, 3.63) is 41.2 Å². The van der Waals surface area contributed by atoms with Crippen LogP contribution in [0, 0.1) is 0 Å². The van der Waals surface area contributed by atoms with Crippen molar-refractivity contribution in [3.8, 4) is 0 Å². The molecule has 0 saturated heterocycles. The summed E-state index contributed by atoms with van der Waals surface area (Å²) in [5, 5.41) is 9.64. The second-order valence-electron chi connectivity index (χ2n) is 5.54. The minimum absolute atomic E-state index is 0.340. The predicted octanol–water partition coefficient (Wildman–Crippen LogP) is 3.11. The molecule has 5 heteroatoms. The van der Waals surface area contributed by atoms with Gasteiger partial charge in [-0.15, -0.1) is 10.2 Å². The molecule has 0 radical (unpaired) electrons. The molecule has 4 rings (SSSR count). The number of aryl methyl sites for hydroxylation is 1. The molecule has 1 saturated carbocycles. The van der Waals surface area contributed by atoms with Gasteiger partial charge in [0.05, 0.1) is 6.04 Å². The lowest BCUT2D eigenvalue weighted by atomic mass is 10.1. The van der Waals surface area contributed by atoms with Crippen LogP contribution < -0.4 is 5.43 Å². The average molecular weight is 286 g/mol. The molecule has 1 unspecified atom stereocenters. The van der Waals surface area contributed by atoms with Crippen molar-refractivity contribution in [2.75, 3.05) is 11.2 Å². The molecule has 20 heavy (non-hydrogen) atoms. The maximum atomic E-state index is 4.34. The highest BCUT2D eigenvalue weighted by Crippen LogP contribution is 2.41. The Bertz CT molecular complexity index is 615. The Hall–Kier alpha value is -1.49. The highest BCUT2D eigenvalue weighted by molar-refractivity contribution is 7.99. The van der Waals surface area contributed by atoms with Crippen LogP contribution in [0.1, 0.15) is 48.7 Å². The SMILES string of the molecule is CCc1ccc(C2CSc3nnc(C4CC4)n3N2)cc1. The minimum atomic E-state index is 0.340. The topological polar surface area (TPSA) is 42.7 Å². The van der Waals surface area contributed by atoms with Gasteiger partial charge in [0.2, 0.25) is 5.16 Å². The first-order chi connectivity index (χ1) is 9.85. The molecule has 1 N–H and O–H groups in total. The van der Waals surface area contributed by atoms with Crippen LogP contribution in [-0.2, 0) is 6.42 Å². The Morgan fingerprint density at radius 2 is 2.05 bits per heavy atom. The molecule has 2 aliphatic rings. The number of aromatic nitrogens is 3. The van der Waals surface area contributed by atoms with E-state index in [1.807, 2.05) is 0 Å². The second kappa shape index (κ2) is 4.81. The maximum Gasteiger partial charge on any atom is 0.210 e. The monoisotopic (exact) mass is 286 g/mol. The molecular formula is C15H18N4S. The number of fused-ring (bicyclic) bond motifs is 1. The van der Waals surface area contributed by atoms with Gasteiger partial charge in [0, 0.05) is 11.7 Å². The van der Waals surface area contributed by atoms with Crippen LogP contribution in [0.15, 0.2) is 29.4 Å². The van der Waals surface area contributed by atoms with Crippen molar-refractivity contribution in [1.29, 1.82) is 0 Å². The zero-order valence-electron chi connectivity index (χ0n) is 11.5. The number of hydrogen-bond acceptors (Lipinski definition) is 4. The molecule has 1 aliphatic carbocycles. The lowest BCUT2D eigenvalue weighted by Gasteiger charge is -2.26. The molecule has 4 nitrogen and oxygen atoms in total. The number of hydrogen-bond donors (Lipinski definition) is 1. The Morgan fingerprint density at radius 3 is 2.75 bits per heavy atom. The number of rotatable bonds is 3. The van der Waals surface area contributed by atoms with Gasteiger partial charge in [0.25, 0.3) is 0 Å². The first-order valence-electron chi connectivity index (χ1n) is 7.28. The summed E-state index contributed by atoms with van der Waals surface area (Å²) in [6.07, 6.45) is 3.59. The molecule has 1 aromatic carbocycles. The van der Waals surface area contributed by atoms with Gasteiger partial charge in [-0.1, -0.05) is 43.0 Å². The third-order valence-corrected chi connectivity index (χ3v) is 5.08. The van der Waals surface area contributed by atoms with Crippen LogP contribution in [0.25, 0.3) is 0 Å². The quantitative estimate of drug-likeness (QED) is 0.941. The Kier molecular flexibility index (Phi) is 2.95. The predicted molar refractivity (Wildman–Crippen MR) is 80.6 cm³/mol. The van der Waals surface area contributed by atoms with E-state index in [4.69, 9.17) is 0 Å². The van der Waals surface area contributed by atoms with Gasteiger partial charge < -0.3 is 5.43 Å². The van der Waals surface area contributed by atoms with Crippen molar-refractivity contribution in [1.82, 2.24) is 14.9 Å². The third kappa shape index (κ3) is 2.10. The summed E-state index contributed by atoms with van der Waals surface area (Å²) in [6, 6.07) is 9.27. The van der Waals surface area contributed by atoms with Gasteiger partial charge in [-0.25, -0.2) is 4.68 Å². The van der Waals surface area contributed by atoms with E-state index in [1.165, 1.54) is 24.0 Å². The zero-order valence-corrected chi connectivity index (χ0v) is 12.4. The van der Waals surface area contributed by atoms with E-state index in [-0.39, 0.29) is 0 Å². The summed E-state index contributed by atoms with van der Waals surface area (Å²) in [6.45, 7) is 2.19. The Labute approximate surface area is 123 Å². The summed E-state index contributed by atoms with van der Waals surface area (Å²) in [5.74, 6) is 2.74. The molecule has 1 atom stereocenters. The van der Waals surface area contributed by atoms with Gasteiger partial charge in [-0.3, -0.25) is 0 Å². The number of benzene rings is 1. The largest absolute Gasteiger partial charge is 0.314 e. The van der Waals surface area contributed by atoms with Crippen LogP contribution in [0.2, 0.25) is 0 Å². The Morgan fingerprint density at radius 1 is 1.25 bits per heavy atom. The van der Waals surface area contributed by atoms with Crippen LogP contribution in [0.5, 0.6) is 0 Å². The van der Waals surface area contributed by atoms with Gasteiger partial charge in [0.1, 0.15) is 0 Å². The van der Waals surface area contributed by atoms with E-state index in [2.05, 4.69) is 51.5 Å². The van der Waals surface area contributed by atoms with Crippen molar-refractivity contribution < 1.29 is 0 Å². The summed E-state index contributed by atoms with van der Waals surface area (Å²) >= 11 is 1.79. The fourth-order valence-corrected chi connectivity index (χ4v) is 3.57. The van der Waals surface area contributed by atoms with Crippen LogP contribution in [0.3, 0.4) is 0 Å². The number of thioether (sulfide) groups is 1. The molecule has 104 valence electrons. The fourth-order valence-electron chi connectivity index (χ4n) is 2.61. The molecule has 0 bridgehead atoms. The van der Waals surface area contributed by atoms with Gasteiger partial charge in [0.15, 0.2) is 5.82 Å². The van der Waals surface area contributed by atoms with E-state index in [0.717, 1.165) is 23.2 Å². The zero-order chi connectivity index (χ0) is 13.5. The molecular weight excluding hydrogens is 268 g/mol. The van der Waals surface area contributed by atoms with Crippen LogP contribution in [0.4, 0.5) is 0 Å². The summed E-state index contributed by atoms with van der Waals surface area (Å²) < 4.78 is 2.12. The van der Waals surface area contributed by atoms with E-state index in [0.29, 0.717) is 12.0 Å². The van der Waals surface area contributed by atoms with Gasteiger partial charge in [-0.2, -0.15) is 0 Å². The second-order valence-corrected chi connectivity index (χ2v) is 6.53. The Balaban J connectivity index is 1.60. The molecule has 2 heterocycles. The van der Waals surface area contributed by atoms with E-state index in [9.17, 15) is 0 Å². The first-order valence-corrected chi connectivity index (χ1v) is 8.27. The van der Waals surface area contributed by atoms with E-state index >= 15 is 0 Å². The average Bonchev–Trinajstić information content (AvgIpc) is 3.26. The normalized spacial score (nSPS) is 21.4. The summed E-state index contributed by atoms with van der Waals surface area (Å²) in [4.78, 5) is 0. The van der Waals surface area contributed by atoms with E-state index in [1.54, 1.807) is 11.8 Å². The van der Waals surface area contributed by atoms with Crippen molar-refractivity contribution >= 4 is 11.8 Å². The number of nitrogens with zero attached hydrogens (tertiary/aromatic N) is 3. The third-order valence-electron chi connectivity index (χ3n) is 4.06. The standard InChI is InChI=1S/C15H18N4S/c1-2-10-3-5-11(6-4-10)13-9-20-15-17-16-14(12-7-8-12)19(15)18-13/h3-6,12-13,18H,2,7-9H2,1H3. The maximum absolute atomic E-state index is 4.34. The molecule has 1 aromatic heterocycles. The van der Waals surface area contributed by atoms with Gasteiger partial charge >= 0.3 is 0 Å². The molecule has 0 spiro atoms. The van der Waals surface area contributed by atoms with Gasteiger partial charge in [-0.05, 0) is 30.4 Å². The molecule has 1 fully saturated rings.